The Bertz CT molecular complexity index is 146. The first kappa shape index (κ1) is 2.06. The summed E-state index contributed by atoms with van der Waals surface area (Å²) in [6, 6.07) is 0. The first-order valence-corrected chi connectivity index (χ1v) is 2.43. The fraction of sp³-hybridized carbons (Fsp3) is 1.00. The van der Waals surface area contributed by atoms with Crippen LogP contribution in [0.15, 0.2) is 0 Å². The standard InChI is InChI=1S/C6H12O/c1-2-6(5-7)3-4-6/h7H,2-5H2,1H3/i2D2,5D2. The minimum Gasteiger partial charge on any atom is -0.396 e. The highest BCUT2D eigenvalue weighted by Crippen LogP contribution is 2.47. The maximum Gasteiger partial charge on any atom is 0.0570 e. The molecule has 0 spiro atoms. The average Bonchev–Trinajstić information content (AvgIpc) is 2.31. The average molecular weight is 104 g/mol. The van der Waals surface area contributed by atoms with Crippen molar-refractivity contribution in [3.05, 3.63) is 0 Å². The lowest BCUT2D eigenvalue weighted by molar-refractivity contribution is 0.208. The van der Waals surface area contributed by atoms with Crippen LogP contribution in [-0.2, 0) is 0 Å². The number of hydrogen-bond donors (Lipinski definition) is 1. The number of aliphatic hydroxyl groups is 1. The fourth-order valence-electron chi connectivity index (χ4n) is 0.543. The van der Waals surface area contributed by atoms with E-state index in [0.29, 0.717) is 12.8 Å². The molecule has 0 atom stereocenters. The minimum absolute atomic E-state index is 0.431. The Morgan fingerprint density at radius 3 is 2.43 bits per heavy atom. The smallest absolute Gasteiger partial charge is 0.0570 e. The zero-order valence-electron chi connectivity index (χ0n) is 8.36. The minimum atomic E-state index is -2.38. The summed E-state index contributed by atoms with van der Waals surface area (Å²) in [5.74, 6) is 0. The van der Waals surface area contributed by atoms with Crippen molar-refractivity contribution >= 4 is 0 Å². The van der Waals surface area contributed by atoms with Crippen LogP contribution in [0.4, 0.5) is 0 Å². The van der Waals surface area contributed by atoms with Gasteiger partial charge in [0.05, 0.1) is 2.74 Å². The summed E-state index contributed by atoms with van der Waals surface area (Å²) in [5, 5.41) is 9.04. The molecule has 1 aliphatic rings. The monoisotopic (exact) mass is 104 g/mol. The summed E-state index contributed by atoms with van der Waals surface area (Å²) in [6.45, 7) is -1.07. The Kier molecular flexibility index (Phi) is 0.435. The van der Waals surface area contributed by atoms with E-state index in [9.17, 15) is 0 Å². The molecule has 0 aliphatic heterocycles. The maximum atomic E-state index is 9.04. The van der Waals surface area contributed by atoms with Crippen LogP contribution in [0.1, 0.15) is 31.6 Å². The summed E-state index contributed by atoms with van der Waals surface area (Å²) in [6.07, 6.45) is -0.773. The molecule has 0 aromatic heterocycles. The summed E-state index contributed by atoms with van der Waals surface area (Å²) in [4.78, 5) is 0. The number of rotatable bonds is 2. The predicted molar refractivity (Wildman–Crippen MR) is 29.0 cm³/mol. The van der Waals surface area contributed by atoms with E-state index in [0.717, 1.165) is 0 Å². The zero-order valence-corrected chi connectivity index (χ0v) is 4.36. The zero-order chi connectivity index (χ0) is 8.91. The van der Waals surface area contributed by atoms with Gasteiger partial charge in [-0.25, -0.2) is 0 Å². The van der Waals surface area contributed by atoms with Crippen LogP contribution in [-0.4, -0.2) is 11.7 Å². The van der Waals surface area contributed by atoms with E-state index in [2.05, 4.69) is 0 Å². The molecule has 1 saturated carbocycles. The van der Waals surface area contributed by atoms with Gasteiger partial charge in [0.1, 0.15) is 0 Å². The van der Waals surface area contributed by atoms with E-state index in [1.54, 1.807) is 0 Å². The van der Waals surface area contributed by atoms with Gasteiger partial charge >= 0.3 is 0 Å². The van der Waals surface area contributed by atoms with Crippen LogP contribution in [0.25, 0.3) is 0 Å². The molecular formula is C6H12O. The molecule has 7 heavy (non-hydrogen) atoms. The molecule has 1 aliphatic carbocycles. The van der Waals surface area contributed by atoms with Crippen LogP contribution in [0.5, 0.6) is 0 Å². The molecule has 0 aromatic carbocycles. The quantitative estimate of drug-likeness (QED) is 0.557. The molecule has 1 heteroatoms. The van der Waals surface area contributed by atoms with Gasteiger partial charge in [0.25, 0.3) is 0 Å². The van der Waals surface area contributed by atoms with E-state index in [1.165, 1.54) is 6.92 Å². The third kappa shape index (κ3) is 0.778. The van der Waals surface area contributed by atoms with Crippen molar-refractivity contribution in [1.82, 2.24) is 0 Å². The first-order chi connectivity index (χ1) is 4.71. The molecule has 42 valence electrons. The Morgan fingerprint density at radius 2 is 2.43 bits per heavy atom. The van der Waals surface area contributed by atoms with Gasteiger partial charge in [-0.3, -0.25) is 0 Å². The van der Waals surface area contributed by atoms with Crippen LogP contribution in [0, 0.1) is 5.41 Å². The highest BCUT2D eigenvalue weighted by Gasteiger charge is 2.39. The molecule has 1 fully saturated rings. The molecule has 0 unspecified atom stereocenters. The predicted octanol–water partition coefficient (Wildman–Crippen LogP) is 1.17. The van der Waals surface area contributed by atoms with Crippen molar-refractivity contribution in [3.8, 4) is 0 Å². The molecule has 0 bridgehead atoms. The van der Waals surface area contributed by atoms with Crippen LogP contribution >= 0.6 is 0 Å². The molecule has 0 heterocycles. The van der Waals surface area contributed by atoms with Crippen molar-refractivity contribution in [1.29, 1.82) is 0 Å². The third-order valence-electron chi connectivity index (χ3n) is 1.44. The van der Waals surface area contributed by atoms with Crippen LogP contribution in [0.3, 0.4) is 0 Å². The van der Waals surface area contributed by atoms with E-state index in [-0.39, 0.29) is 0 Å². The van der Waals surface area contributed by atoms with Crippen molar-refractivity contribution in [2.45, 2.75) is 26.1 Å². The largest absolute Gasteiger partial charge is 0.396 e. The Hall–Kier alpha value is -0.0400. The summed E-state index contributed by atoms with van der Waals surface area (Å²) >= 11 is 0. The lowest BCUT2D eigenvalue weighted by Crippen LogP contribution is -2.02. The van der Waals surface area contributed by atoms with Gasteiger partial charge in [0.15, 0.2) is 0 Å². The Balaban J connectivity index is 2.85. The van der Waals surface area contributed by atoms with E-state index < -0.39 is 18.3 Å². The molecule has 1 rings (SSSR count). The van der Waals surface area contributed by atoms with Gasteiger partial charge < -0.3 is 5.11 Å². The van der Waals surface area contributed by atoms with E-state index >= 15 is 0 Å². The second-order valence-electron chi connectivity index (χ2n) is 1.94. The van der Waals surface area contributed by atoms with Gasteiger partial charge in [0, 0.05) is 9.30 Å². The Labute approximate surface area is 50.0 Å². The molecular weight excluding hydrogens is 88.1 g/mol. The van der Waals surface area contributed by atoms with Crippen molar-refractivity contribution < 1.29 is 10.6 Å². The van der Waals surface area contributed by atoms with Crippen molar-refractivity contribution in [2.75, 3.05) is 6.56 Å². The summed E-state index contributed by atoms with van der Waals surface area (Å²) < 4.78 is 28.7. The van der Waals surface area contributed by atoms with Gasteiger partial charge in [-0.15, -0.1) is 0 Å². The Morgan fingerprint density at radius 1 is 1.86 bits per heavy atom. The van der Waals surface area contributed by atoms with Crippen molar-refractivity contribution in [2.24, 2.45) is 5.41 Å². The van der Waals surface area contributed by atoms with E-state index in [1.807, 2.05) is 0 Å². The lowest BCUT2D eigenvalue weighted by Gasteiger charge is -2.03. The van der Waals surface area contributed by atoms with Crippen molar-refractivity contribution in [3.63, 3.8) is 0 Å². The highest BCUT2D eigenvalue weighted by molar-refractivity contribution is 4.90. The SMILES string of the molecule is [2H]C([2H])(C)C1(C([2H])([2H])O)CC1. The molecule has 0 saturated heterocycles. The summed E-state index contributed by atoms with van der Waals surface area (Å²) in [7, 11) is 0. The molecule has 1 N–H and O–H groups in total. The molecule has 1 nitrogen and oxygen atoms in total. The van der Waals surface area contributed by atoms with Gasteiger partial charge in [-0.2, -0.15) is 0 Å². The van der Waals surface area contributed by atoms with Gasteiger partial charge in [-0.05, 0) is 24.6 Å². The third-order valence-corrected chi connectivity index (χ3v) is 1.44. The molecule has 0 amide bonds. The van der Waals surface area contributed by atoms with Gasteiger partial charge in [0.2, 0.25) is 0 Å². The normalized spacial score (nSPS) is 37.4. The summed E-state index contributed by atoms with van der Waals surface area (Å²) in [5.41, 5.74) is -1.15. The van der Waals surface area contributed by atoms with Crippen LogP contribution in [0.2, 0.25) is 0 Å². The second-order valence-corrected chi connectivity index (χ2v) is 1.94. The fourth-order valence-corrected chi connectivity index (χ4v) is 0.543. The highest BCUT2D eigenvalue weighted by atomic mass is 16.3. The van der Waals surface area contributed by atoms with Crippen LogP contribution < -0.4 is 0 Å². The topological polar surface area (TPSA) is 20.2 Å². The molecule has 0 radical (unpaired) electrons. The van der Waals surface area contributed by atoms with Gasteiger partial charge in [-0.1, -0.05) is 6.92 Å². The first-order valence-electron chi connectivity index (χ1n) is 4.43. The number of hydrogen-bond acceptors (Lipinski definition) is 1. The van der Waals surface area contributed by atoms with E-state index in [4.69, 9.17) is 10.6 Å². The lowest BCUT2D eigenvalue weighted by atomic mass is 10.1. The maximum absolute atomic E-state index is 9.04. The second kappa shape index (κ2) is 1.48. The molecule has 0 aromatic rings.